The van der Waals surface area contributed by atoms with Crippen LogP contribution in [-0.4, -0.2) is 14.5 Å². The summed E-state index contributed by atoms with van der Waals surface area (Å²) < 4.78 is 24.2. The maximum absolute atomic E-state index is 10.9. The molecule has 0 aliphatic heterocycles. The van der Waals surface area contributed by atoms with Crippen LogP contribution in [0.15, 0.2) is 24.3 Å². The zero-order chi connectivity index (χ0) is 13.0. The van der Waals surface area contributed by atoms with Gasteiger partial charge in [-0.3, -0.25) is 4.72 Å². The molecule has 6 heteroatoms. The van der Waals surface area contributed by atoms with Crippen molar-refractivity contribution in [1.29, 1.82) is 0 Å². The molecule has 1 aromatic carbocycles. The highest BCUT2D eigenvalue weighted by Gasteiger charge is 2.13. The summed E-state index contributed by atoms with van der Waals surface area (Å²) in [5.74, 6) is 0. The average Bonchev–Trinajstić information content (AvgIpc) is 2.28. The molecule has 4 N–H and O–H groups in total. The van der Waals surface area contributed by atoms with E-state index < -0.39 is 10.2 Å². The first-order chi connectivity index (χ1) is 8.53. The Morgan fingerprint density at radius 2 is 1.78 bits per heavy atom. The average molecular weight is 269 g/mol. The number of rotatable bonds is 4. The third kappa shape index (κ3) is 4.19. The van der Waals surface area contributed by atoms with Gasteiger partial charge in [0.25, 0.3) is 10.2 Å². The first kappa shape index (κ1) is 13.2. The normalized spacial score (nSPS) is 17.4. The van der Waals surface area contributed by atoms with E-state index in [4.69, 9.17) is 5.14 Å². The summed E-state index contributed by atoms with van der Waals surface area (Å²) in [6.07, 6.45) is 6.17. The number of anilines is 2. The summed E-state index contributed by atoms with van der Waals surface area (Å²) in [4.78, 5) is 0. The Balaban J connectivity index is 2.02. The third-order valence-corrected chi connectivity index (χ3v) is 3.62. The van der Waals surface area contributed by atoms with Gasteiger partial charge >= 0.3 is 0 Å². The number of nitrogens with two attached hydrogens (primary N) is 1. The smallest absolute Gasteiger partial charge is 0.296 e. The number of hydrogen-bond donors (Lipinski definition) is 3. The molecule has 5 nitrogen and oxygen atoms in total. The van der Waals surface area contributed by atoms with Crippen LogP contribution >= 0.6 is 0 Å². The number of benzene rings is 1. The van der Waals surface area contributed by atoms with Gasteiger partial charge in [0.2, 0.25) is 0 Å². The lowest BCUT2D eigenvalue weighted by molar-refractivity contribution is 0.463. The van der Waals surface area contributed by atoms with Crippen molar-refractivity contribution in [3.63, 3.8) is 0 Å². The summed E-state index contributed by atoms with van der Waals surface area (Å²) in [6, 6.07) is 7.67. The zero-order valence-corrected chi connectivity index (χ0v) is 11.0. The lowest BCUT2D eigenvalue weighted by Gasteiger charge is -2.24. The fourth-order valence-electron chi connectivity index (χ4n) is 2.32. The van der Waals surface area contributed by atoms with E-state index in [0.29, 0.717) is 11.7 Å². The molecule has 0 saturated heterocycles. The van der Waals surface area contributed by atoms with E-state index >= 15 is 0 Å². The fraction of sp³-hybridized carbons (Fsp3) is 0.500. The maximum atomic E-state index is 10.9. The molecule has 100 valence electrons. The molecule has 0 spiro atoms. The predicted octanol–water partition coefficient (Wildman–Crippen LogP) is 2.05. The van der Waals surface area contributed by atoms with Crippen molar-refractivity contribution >= 4 is 21.6 Å². The van der Waals surface area contributed by atoms with E-state index in [2.05, 4.69) is 10.0 Å². The summed E-state index contributed by atoms with van der Waals surface area (Å²) in [5.41, 5.74) is 1.41. The van der Waals surface area contributed by atoms with E-state index in [1.165, 1.54) is 32.1 Å². The second-order valence-electron chi connectivity index (χ2n) is 4.71. The third-order valence-electron chi connectivity index (χ3n) is 3.10. The van der Waals surface area contributed by atoms with Gasteiger partial charge < -0.3 is 5.32 Å². The van der Waals surface area contributed by atoms with E-state index in [9.17, 15) is 8.42 Å². The van der Waals surface area contributed by atoms with Gasteiger partial charge in [-0.15, -0.1) is 0 Å². The van der Waals surface area contributed by atoms with Gasteiger partial charge in [-0.25, -0.2) is 5.14 Å². The van der Waals surface area contributed by atoms with Gasteiger partial charge in [0.15, 0.2) is 0 Å². The molecule has 0 bridgehead atoms. The van der Waals surface area contributed by atoms with E-state index in [0.717, 1.165) is 5.69 Å². The molecule has 2 rings (SSSR count). The van der Waals surface area contributed by atoms with Crippen LogP contribution < -0.4 is 15.2 Å². The minimum atomic E-state index is -3.70. The maximum Gasteiger partial charge on any atom is 0.296 e. The summed E-state index contributed by atoms with van der Waals surface area (Å²) in [7, 11) is -3.70. The Kier molecular flexibility index (Phi) is 4.08. The van der Waals surface area contributed by atoms with Gasteiger partial charge in [0.05, 0.1) is 5.69 Å². The predicted molar refractivity (Wildman–Crippen MR) is 73.7 cm³/mol. The van der Waals surface area contributed by atoms with Gasteiger partial charge in [0, 0.05) is 11.7 Å². The summed E-state index contributed by atoms with van der Waals surface area (Å²) in [6.45, 7) is 0. The van der Waals surface area contributed by atoms with Crippen LogP contribution in [0.4, 0.5) is 11.4 Å². The van der Waals surface area contributed by atoms with E-state index in [1.54, 1.807) is 18.2 Å². The zero-order valence-electron chi connectivity index (χ0n) is 10.2. The molecule has 1 aliphatic carbocycles. The first-order valence-electron chi connectivity index (χ1n) is 6.20. The van der Waals surface area contributed by atoms with Crippen LogP contribution in [0.3, 0.4) is 0 Å². The number of hydrogen-bond acceptors (Lipinski definition) is 3. The Morgan fingerprint density at radius 1 is 1.11 bits per heavy atom. The van der Waals surface area contributed by atoms with Crippen LogP contribution in [-0.2, 0) is 10.2 Å². The highest BCUT2D eigenvalue weighted by molar-refractivity contribution is 7.90. The molecule has 1 fully saturated rings. The molecule has 0 aromatic heterocycles. The summed E-state index contributed by atoms with van der Waals surface area (Å²) >= 11 is 0. The second-order valence-corrected chi connectivity index (χ2v) is 6.00. The van der Waals surface area contributed by atoms with Crippen LogP contribution in [0.25, 0.3) is 0 Å². The monoisotopic (exact) mass is 269 g/mol. The Bertz CT molecular complexity index is 496. The standard InChI is InChI=1S/C12H19N3O2S/c13-18(16,17)15-12-8-4-7-11(9-12)14-10-5-2-1-3-6-10/h4,7-10,14-15H,1-3,5-6H2,(H2,13,16,17). The molecule has 0 unspecified atom stereocenters. The van der Waals surface area contributed by atoms with Gasteiger partial charge in [-0.05, 0) is 31.0 Å². The van der Waals surface area contributed by atoms with Gasteiger partial charge in [-0.1, -0.05) is 25.3 Å². The van der Waals surface area contributed by atoms with Crippen molar-refractivity contribution in [2.75, 3.05) is 10.0 Å². The number of nitrogens with one attached hydrogen (secondary N) is 2. The Labute approximate surface area is 108 Å². The highest BCUT2D eigenvalue weighted by atomic mass is 32.2. The van der Waals surface area contributed by atoms with Crippen molar-refractivity contribution in [3.05, 3.63) is 24.3 Å². The molecule has 0 radical (unpaired) electrons. The fourth-order valence-corrected chi connectivity index (χ4v) is 2.77. The molecule has 1 aromatic rings. The quantitative estimate of drug-likeness (QED) is 0.782. The molecular weight excluding hydrogens is 250 g/mol. The molecule has 0 atom stereocenters. The lowest BCUT2D eigenvalue weighted by atomic mass is 9.95. The van der Waals surface area contributed by atoms with Crippen LogP contribution in [0.5, 0.6) is 0 Å². The Hall–Kier alpha value is -1.27. The van der Waals surface area contributed by atoms with Crippen LogP contribution in [0.1, 0.15) is 32.1 Å². The minimum absolute atomic E-state index is 0.485. The van der Waals surface area contributed by atoms with Crippen molar-refractivity contribution in [3.8, 4) is 0 Å². The van der Waals surface area contributed by atoms with Crippen LogP contribution in [0, 0.1) is 0 Å². The molecule has 0 heterocycles. The molecule has 1 saturated carbocycles. The van der Waals surface area contributed by atoms with Crippen molar-refractivity contribution < 1.29 is 8.42 Å². The van der Waals surface area contributed by atoms with Crippen molar-refractivity contribution in [2.24, 2.45) is 5.14 Å². The Morgan fingerprint density at radius 3 is 2.44 bits per heavy atom. The minimum Gasteiger partial charge on any atom is -0.382 e. The summed E-state index contributed by atoms with van der Waals surface area (Å²) in [5, 5.41) is 8.37. The highest BCUT2D eigenvalue weighted by Crippen LogP contribution is 2.23. The lowest BCUT2D eigenvalue weighted by Crippen LogP contribution is -2.23. The van der Waals surface area contributed by atoms with Gasteiger partial charge in [0.1, 0.15) is 0 Å². The van der Waals surface area contributed by atoms with Crippen LogP contribution in [0.2, 0.25) is 0 Å². The van der Waals surface area contributed by atoms with Gasteiger partial charge in [-0.2, -0.15) is 8.42 Å². The van der Waals surface area contributed by atoms with E-state index in [-0.39, 0.29) is 0 Å². The molecule has 0 amide bonds. The second kappa shape index (κ2) is 5.58. The SMILES string of the molecule is NS(=O)(=O)Nc1cccc(NC2CCCCC2)c1. The molecule has 18 heavy (non-hydrogen) atoms. The molecular formula is C12H19N3O2S. The molecule has 1 aliphatic rings. The topological polar surface area (TPSA) is 84.2 Å². The largest absolute Gasteiger partial charge is 0.382 e. The van der Waals surface area contributed by atoms with Crippen molar-refractivity contribution in [2.45, 2.75) is 38.1 Å². The van der Waals surface area contributed by atoms with Crippen molar-refractivity contribution in [1.82, 2.24) is 0 Å². The van der Waals surface area contributed by atoms with E-state index in [1.807, 2.05) is 6.07 Å². The first-order valence-corrected chi connectivity index (χ1v) is 7.75.